The summed E-state index contributed by atoms with van der Waals surface area (Å²) < 4.78 is 0. The standard InChI is InChI=1S/C11H17N3O/c1-11(2,7-15)14-10-5-3-4-9(13)8(10)6-12/h3-6,12,14-15H,7,13H2,1-2H3. The van der Waals surface area contributed by atoms with Gasteiger partial charge in [-0.3, -0.25) is 0 Å². The second-order valence-corrected chi connectivity index (χ2v) is 4.12. The molecule has 0 aliphatic heterocycles. The van der Waals surface area contributed by atoms with E-state index in [1.807, 2.05) is 26.0 Å². The van der Waals surface area contributed by atoms with Crippen molar-refractivity contribution in [3.8, 4) is 0 Å². The van der Waals surface area contributed by atoms with Crippen LogP contribution in [0.5, 0.6) is 0 Å². The monoisotopic (exact) mass is 207 g/mol. The lowest BCUT2D eigenvalue weighted by Crippen LogP contribution is -2.35. The number of aliphatic hydroxyl groups is 1. The molecule has 15 heavy (non-hydrogen) atoms. The van der Waals surface area contributed by atoms with E-state index in [1.165, 1.54) is 6.21 Å². The van der Waals surface area contributed by atoms with Crippen LogP contribution in [0.1, 0.15) is 19.4 Å². The zero-order chi connectivity index (χ0) is 11.5. The van der Waals surface area contributed by atoms with Crippen LogP contribution in [-0.2, 0) is 0 Å². The fraction of sp³-hybridized carbons (Fsp3) is 0.364. The average molecular weight is 207 g/mol. The van der Waals surface area contributed by atoms with Gasteiger partial charge in [-0.1, -0.05) is 6.07 Å². The van der Waals surface area contributed by atoms with Gasteiger partial charge in [-0.15, -0.1) is 0 Å². The minimum Gasteiger partial charge on any atom is -0.398 e. The van der Waals surface area contributed by atoms with Gasteiger partial charge < -0.3 is 21.6 Å². The van der Waals surface area contributed by atoms with Crippen molar-refractivity contribution in [2.24, 2.45) is 0 Å². The highest BCUT2D eigenvalue weighted by Gasteiger charge is 2.17. The maximum Gasteiger partial charge on any atom is 0.0656 e. The summed E-state index contributed by atoms with van der Waals surface area (Å²) in [5.74, 6) is 0. The van der Waals surface area contributed by atoms with E-state index in [4.69, 9.17) is 16.2 Å². The SMILES string of the molecule is CC(C)(CO)Nc1cccc(N)c1C=N. The van der Waals surface area contributed by atoms with Crippen molar-refractivity contribution in [1.29, 1.82) is 5.41 Å². The zero-order valence-corrected chi connectivity index (χ0v) is 9.04. The first kappa shape index (κ1) is 11.5. The van der Waals surface area contributed by atoms with Crippen molar-refractivity contribution in [3.63, 3.8) is 0 Å². The Hall–Kier alpha value is -1.55. The summed E-state index contributed by atoms with van der Waals surface area (Å²) in [6.45, 7) is 3.77. The summed E-state index contributed by atoms with van der Waals surface area (Å²) in [6, 6.07) is 5.41. The quantitative estimate of drug-likeness (QED) is 0.445. The van der Waals surface area contributed by atoms with Crippen LogP contribution in [0.25, 0.3) is 0 Å². The molecule has 0 aromatic heterocycles. The fourth-order valence-electron chi connectivity index (χ4n) is 1.26. The molecule has 0 saturated heterocycles. The van der Waals surface area contributed by atoms with Gasteiger partial charge in [-0.2, -0.15) is 0 Å². The van der Waals surface area contributed by atoms with Gasteiger partial charge >= 0.3 is 0 Å². The van der Waals surface area contributed by atoms with Crippen LogP contribution in [0.3, 0.4) is 0 Å². The Labute approximate surface area is 89.6 Å². The number of aliphatic hydroxyl groups excluding tert-OH is 1. The van der Waals surface area contributed by atoms with Gasteiger partial charge in [0.25, 0.3) is 0 Å². The van der Waals surface area contributed by atoms with Crippen molar-refractivity contribution >= 4 is 17.6 Å². The Balaban J connectivity index is 3.04. The summed E-state index contributed by atoms with van der Waals surface area (Å²) >= 11 is 0. The summed E-state index contributed by atoms with van der Waals surface area (Å²) in [7, 11) is 0. The lowest BCUT2D eigenvalue weighted by molar-refractivity contribution is 0.234. The van der Waals surface area contributed by atoms with E-state index in [0.29, 0.717) is 11.3 Å². The first-order valence-electron chi connectivity index (χ1n) is 4.78. The number of hydrogen-bond donors (Lipinski definition) is 4. The number of rotatable bonds is 4. The molecule has 0 spiro atoms. The third-order valence-corrected chi connectivity index (χ3v) is 2.15. The van der Waals surface area contributed by atoms with Crippen LogP contribution in [0.4, 0.5) is 11.4 Å². The summed E-state index contributed by atoms with van der Waals surface area (Å²) in [6.07, 6.45) is 1.21. The molecule has 82 valence electrons. The van der Waals surface area contributed by atoms with Gasteiger partial charge in [0.1, 0.15) is 0 Å². The third-order valence-electron chi connectivity index (χ3n) is 2.15. The molecular weight excluding hydrogens is 190 g/mol. The minimum absolute atomic E-state index is 0.0131. The molecule has 0 heterocycles. The van der Waals surface area contributed by atoms with E-state index in [1.54, 1.807) is 6.07 Å². The smallest absolute Gasteiger partial charge is 0.0656 e. The summed E-state index contributed by atoms with van der Waals surface area (Å²) in [4.78, 5) is 0. The van der Waals surface area contributed by atoms with Gasteiger partial charge in [0.15, 0.2) is 0 Å². The highest BCUT2D eigenvalue weighted by Crippen LogP contribution is 2.23. The predicted octanol–water partition coefficient (Wildman–Crippen LogP) is 1.45. The van der Waals surface area contributed by atoms with E-state index in [2.05, 4.69) is 5.32 Å². The summed E-state index contributed by atoms with van der Waals surface area (Å²) in [5, 5.41) is 19.6. The topological polar surface area (TPSA) is 82.1 Å². The maximum absolute atomic E-state index is 9.14. The third kappa shape index (κ3) is 2.70. The molecule has 0 aliphatic carbocycles. The minimum atomic E-state index is -0.425. The lowest BCUT2D eigenvalue weighted by Gasteiger charge is -2.26. The predicted molar refractivity (Wildman–Crippen MR) is 63.5 cm³/mol. The Bertz CT molecular complexity index is 361. The molecule has 0 unspecified atom stereocenters. The van der Waals surface area contributed by atoms with Crippen molar-refractivity contribution in [3.05, 3.63) is 23.8 Å². The molecule has 5 N–H and O–H groups in total. The number of nitrogens with two attached hydrogens (primary N) is 1. The first-order chi connectivity index (χ1) is 7.00. The Morgan fingerprint density at radius 3 is 2.73 bits per heavy atom. The number of hydrogen-bond acceptors (Lipinski definition) is 4. The van der Waals surface area contributed by atoms with Gasteiger partial charge in [0.05, 0.1) is 12.1 Å². The molecule has 4 heteroatoms. The molecule has 0 bridgehead atoms. The molecule has 0 atom stereocenters. The van der Waals surface area contributed by atoms with E-state index < -0.39 is 5.54 Å². The molecule has 1 aromatic rings. The fourth-order valence-corrected chi connectivity index (χ4v) is 1.26. The molecule has 0 radical (unpaired) electrons. The molecule has 0 fully saturated rings. The van der Waals surface area contributed by atoms with E-state index in [0.717, 1.165) is 5.69 Å². The van der Waals surface area contributed by atoms with E-state index in [-0.39, 0.29) is 6.61 Å². The van der Waals surface area contributed by atoms with Crippen molar-refractivity contribution < 1.29 is 5.11 Å². The Morgan fingerprint density at radius 2 is 2.20 bits per heavy atom. The van der Waals surface area contributed by atoms with Crippen molar-refractivity contribution in [1.82, 2.24) is 0 Å². The van der Waals surface area contributed by atoms with Crippen LogP contribution in [0.15, 0.2) is 18.2 Å². The number of nitrogens with one attached hydrogen (secondary N) is 2. The molecule has 0 aliphatic rings. The van der Waals surface area contributed by atoms with Crippen molar-refractivity contribution in [2.45, 2.75) is 19.4 Å². The molecule has 4 nitrogen and oxygen atoms in total. The average Bonchev–Trinajstić information content (AvgIpc) is 2.18. The van der Waals surface area contributed by atoms with Crippen molar-refractivity contribution in [2.75, 3.05) is 17.7 Å². The first-order valence-corrected chi connectivity index (χ1v) is 4.78. The van der Waals surface area contributed by atoms with Gasteiger partial charge in [0.2, 0.25) is 0 Å². The van der Waals surface area contributed by atoms with Crippen LogP contribution >= 0.6 is 0 Å². The van der Waals surface area contributed by atoms with Crippen LogP contribution in [0, 0.1) is 5.41 Å². The van der Waals surface area contributed by atoms with Gasteiger partial charge in [0, 0.05) is 23.2 Å². The number of benzene rings is 1. The van der Waals surface area contributed by atoms with Gasteiger partial charge in [-0.25, -0.2) is 0 Å². The largest absolute Gasteiger partial charge is 0.398 e. The van der Waals surface area contributed by atoms with Crippen LogP contribution < -0.4 is 11.1 Å². The summed E-state index contributed by atoms with van der Waals surface area (Å²) in [5.41, 5.74) is 7.29. The molecule has 1 aromatic carbocycles. The second-order valence-electron chi connectivity index (χ2n) is 4.12. The molecule has 0 saturated carbocycles. The number of nitrogen functional groups attached to an aromatic ring is 1. The number of anilines is 2. The van der Waals surface area contributed by atoms with Gasteiger partial charge in [-0.05, 0) is 26.0 Å². The molecular formula is C11H17N3O. The maximum atomic E-state index is 9.14. The highest BCUT2D eigenvalue weighted by atomic mass is 16.3. The van der Waals surface area contributed by atoms with Crippen LogP contribution in [0.2, 0.25) is 0 Å². The molecule has 0 amide bonds. The Kier molecular flexibility index (Phi) is 3.31. The lowest BCUT2D eigenvalue weighted by atomic mass is 10.0. The molecule has 1 rings (SSSR count). The second kappa shape index (κ2) is 4.31. The highest BCUT2D eigenvalue weighted by molar-refractivity contribution is 5.92. The zero-order valence-electron chi connectivity index (χ0n) is 9.04. The van der Waals surface area contributed by atoms with E-state index in [9.17, 15) is 0 Å². The Morgan fingerprint density at radius 1 is 1.53 bits per heavy atom. The van der Waals surface area contributed by atoms with E-state index >= 15 is 0 Å². The van der Waals surface area contributed by atoms with Crippen LogP contribution in [-0.4, -0.2) is 23.5 Å². The normalized spacial score (nSPS) is 11.1.